The van der Waals surface area contributed by atoms with Gasteiger partial charge in [0, 0.05) is 32.4 Å². The Hall–Kier alpha value is -2.17. The third-order valence-electron chi connectivity index (χ3n) is 2.28. The quantitative estimate of drug-likeness (QED) is 0.633. The average molecular weight is 235 g/mol. The van der Waals surface area contributed by atoms with Gasteiger partial charge in [-0.3, -0.25) is 4.79 Å². The molecule has 0 aromatic heterocycles. The van der Waals surface area contributed by atoms with E-state index in [0.29, 0.717) is 11.5 Å². The van der Waals surface area contributed by atoms with E-state index in [9.17, 15) is 9.90 Å². The molecule has 0 saturated carbocycles. The number of rotatable bonds is 3. The number of carbonyl (C=O) groups is 1. The van der Waals surface area contributed by atoms with E-state index < -0.39 is 0 Å². The maximum atomic E-state index is 11.8. The van der Waals surface area contributed by atoms with Gasteiger partial charge in [0.2, 0.25) is 6.79 Å². The molecule has 0 fully saturated rings. The number of ketones is 1. The van der Waals surface area contributed by atoms with Gasteiger partial charge in [-0.1, -0.05) is 0 Å². The number of aromatic hydroxyl groups is 1. The fourth-order valence-corrected chi connectivity index (χ4v) is 1.44. The molecule has 1 aromatic rings. The largest absolute Gasteiger partial charge is 0.507 e. The molecule has 0 atom stereocenters. The number of ether oxygens (including phenoxy) is 2. The predicted molar refractivity (Wildman–Crippen MR) is 61.4 cm³/mol. The fourth-order valence-electron chi connectivity index (χ4n) is 1.44. The molecule has 2 rings (SSSR count). The van der Waals surface area contributed by atoms with Crippen molar-refractivity contribution in [1.82, 2.24) is 4.90 Å². The van der Waals surface area contributed by atoms with Crippen molar-refractivity contribution in [2.45, 2.75) is 0 Å². The van der Waals surface area contributed by atoms with Crippen LogP contribution in [0.2, 0.25) is 0 Å². The molecular weight excluding hydrogens is 222 g/mol. The summed E-state index contributed by atoms with van der Waals surface area (Å²) in [6.07, 6.45) is 3.00. The normalized spacial score (nSPS) is 13.1. The Bertz CT molecular complexity index is 480. The van der Waals surface area contributed by atoms with Crippen LogP contribution in [-0.4, -0.2) is 36.7 Å². The van der Waals surface area contributed by atoms with Crippen LogP contribution in [0.15, 0.2) is 24.4 Å². The molecule has 0 aliphatic carbocycles. The molecule has 0 unspecified atom stereocenters. The fraction of sp³-hybridized carbons (Fsp3) is 0.250. The number of benzene rings is 1. The number of nitrogens with zero attached hydrogens (tertiary/aromatic N) is 1. The monoisotopic (exact) mass is 235 g/mol. The van der Waals surface area contributed by atoms with Gasteiger partial charge in [0.1, 0.15) is 5.75 Å². The predicted octanol–water partition coefficient (Wildman–Crippen LogP) is 1.38. The van der Waals surface area contributed by atoms with Gasteiger partial charge in [-0.25, -0.2) is 0 Å². The summed E-state index contributed by atoms with van der Waals surface area (Å²) < 4.78 is 10.2. The number of hydrogen-bond acceptors (Lipinski definition) is 5. The lowest BCUT2D eigenvalue weighted by Gasteiger charge is -2.05. The highest BCUT2D eigenvalue weighted by Crippen LogP contribution is 2.37. The van der Waals surface area contributed by atoms with Crippen molar-refractivity contribution in [3.8, 4) is 17.2 Å². The van der Waals surface area contributed by atoms with Gasteiger partial charge in [-0.2, -0.15) is 0 Å². The molecular formula is C12H13NO4. The first-order chi connectivity index (χ1) is 8.08. The molecule has 0 amide bonds. The number of carbonyl (C=O) groups excluding carboxylic acids is 1. The average Bonchev–Trinajstić information content (AvgIpc) is 2.71. The summed E-state index contributed by atoms with van der Waals surface area (Å²) in [5.41, 5.74) is 0.201. The van der Waals surface area contributed by atoms with Gasteiger partial charge in [0.15, 0.2) is 17.3 Å². The minimum atomic E-state index is -0.283. The van der Waals surface area contributed by atoms with E-state index in [1.807, 2.05) is 14.1 Å². The van der Waals surface area contributed by atoms with Crippen LogP contribution in [0.1, 0.15) is 10.4 Å². The molecule has 5 heteroatoms. The summed E-state index contributed by atoms with van der Waals surface area (Å²) >= 11 is 0. The highest BCUT2D eigenvalue weighted by Gasteiger charge is 2.19. The molecule has 0 radical (unpaired) electrons. The van der Waals surface area contributed by atoms with Crippen molar-refractivity contribution in [1.29, 1.82) is 0 Å². The number of fused-ring (bicyclic) bond motifs is 1. The molecule has 1 aromatic carbocycles. The summed E-state index contributed by atoms with van der Waals surface area (Å²) in [5, 5.41) is 9.71. The van der Waals surface area contributed by atoms with E-state index in [4.69, 9.17) is 9.47 Å². The molecule has 1 heterocycles. The summed E-state index contributed by atoms with van der Waals surface area (Å²) in [6, 6.07) is 2.87. The minimum absolute atomic E-state index is 0.109. The Kier molecular flexibility index (Phi) is 2.91. The van der Waals surface area contributed by atoms with Gasteiger partial charge < -0.3 is 19.5 Å². The Morgan fingerprint density at radius 1 is 1.35 bits per heavy atom. The lowest BCUT2D eigenvalue weighted by Crippen LogP contribution is -2.03. The summed E-state index contributed by atoms with van der Waals surface area (Å²) in [4.78, 5) is 13.5. The standard InChI is InChI=1S/C12H13NO4/c1-13(2)4-3-9(14)8-5-11-12(6-10(8)15)17-7-16-11/h3-6,15H,7H2,1-2H3/b4-3+. The van der Waals surface area contributed by atoms with Crippen LogP contribution in [-0.2, 0) is 0 Å². The van der Waals surface area contributed by atoms with Crippen molar-refractivity contribution in [2.24, 2.45) is 0 Å². The van der Waals surface area contributed by atoms with E-state index in [1.54, 1.807) is 11.1 Å². The van der Waals surface area contributed by atoms with E-state index in [2.05, 4.69) is 0 Å². The second kappa shape index (κ2) is 4.37. The lowest BCUT2D eigenvalue weighted by atomic mass is 10.1. The molecule has 1 aliphatic rings. The zero-order chi connectivity index (χ0) is 12.4. The maximum Gasteiger partial charge on any atom is 0.231 e. The minimum Gasteiger partial charge on any atom is -0.507 e. The third-order valence-corrected chi connectivity index (χ3v) is 2.28. The topological polar surface area (TPSA) is 59.0 Å². The van der Waals surface area contributed by atoms with Gasteiger partial charge >= 0.3 is 0 Å². The van der Waals surface area contributed by atoms with Crippen LogP contribution in [0.4, 0.5) is 0 Å². The molecule has 0 bridgehead atoms. The van der Waals surface area contributed by atoms with Crippen LogP contribution in [0, 0.1) is 0 Å². The Labute approximate surface area is 98.9 Å². The third kappa shape index (κ3) is 2.33. The number of allylic oxidation sites excluding steroid dienone is 1. The number of hydrogen-bond donors (Lipinski definition) is 1. The van der Waals surface area contributed by atoms with E-state index in [0.717, 1.165) is 0 Å². The first kappa shape index (κ1) is 11.3. The van der Waals surface area contributed by atoms with Crippen molar-refractivity contribution >= 4 is 5.78 Å². The molecule has 90 valence electrons. The smallest absolute Gasteiger partial charge is 0.231 e. The molecule has 0 saturated heterocycles. The van der Waals surface area contributed by atoms with Crippen molar-refractivity contribution in [3.05, 3.63) is 30.0 Å². The second-order valence-electron chi connectivity index (χ2n) is 3.87. The number of phenols is 1. The van der Waals surface area contributed by atoms with Crippen LogP contribution in [0.25, 0.3) is 0 Å². The van der Waals surface area contributed by atoms with E-state index in [1.165, 1.54) is 18.2 Å². The van der Waals surface area contributed by atoms with Gasteiger partial charge in [0.25, 0.3) is 0 Å². The highest BCUT2D eigenvalue weighted by molar-refractivity contribution is 6.06. The second-order valence-corrected chi connectivity index (χ2v) is 3.87. The van der Waals surface area contributed by atoms with Gasteiger partial charge in [-0.05, 0) is 6.07 Å². The summed E-state index contributed by atoms with van der Waals surface area (Å²) in [7, 11) is 3.62. The van der Waals surface area contributed by atoms with Gasteiger partial charge in [-0.15, -0.1) is 0 Å². The molecule has 1 N–H and O–H groups in total. The zero-order valence-corrected chi connectivity index (χ0v) is 9.64. The molecule has 5 nitrogen and oxygen atoms in total. The van der Waals surface area contributed by atoms with Crippen molar-refractivity contribution < 1.29 is 19.4 Å². The molecule has 17 heavy (non-hydrogen) atoms. The van der Waals surface area contributed by atoms with Crippen LogP contribution in [0.3, 0.4) is 0 Å². The van der Waals surface area contributed by atoms with Gasteiger partial charge in [0.05, 0.1) is 5.56 Å². The molecule has 0 spiro atoms. The zero-order valence-electron chi connectivity index (χ0n) is 9.64. The maximum absolute atomic E-state index is 11.8. The lowest BCUT2D eigenvalue weighted by molar-refractivity contribution is 0.104. The first-order valence-corrected chi connectivity index (χ1v) is 5.09. The van der Waals surface area contributed by atoms with E-state index in [-0.39, 0.29) is 23.9 Å². The summed E-state index contributed by atoms with van der Waals surface area (Å²) in [6.45, 7) is 0.111. The van der Waals surface area contributed by atoms with Crippen LogP contribution in [0.5, 0.6) is 17.2 Å². The Morgan fingerprint density at radius 3 is 2.65 bits per heavy atom. The first-order valence-electron chi connectivity index (χ1n) is 5.09. The summed E-state index contributed by atoms with van der Waals surface area (Å²) in [5.74, 6) is 0.539. The van der Waals surface area contributed by atoms with Crippen molar-refractivity contribution in [3.63, 3.8) is 0 Å². The van der Waals surface area contributed by atoms with Crippen molar-refractivity contribution in [2.75, 3.05) is 20.9 Å². The van der Waals surface area contributed by atoms with E-state index >= 15 is 0 Å². The van der Waals surface area contributed by atoms with Crippen LogP contribution >= 0.6 is 0 Å². The Morgan fingerprint density at radius 2 is 2.00 bits per heavy atom. The number of phenolic OH excluding ortho intramolecular Hbond substituents is 1. The SMILES string of the molecule is CN(C)/C=C/C(=O)c1cc2c(cc1O)OCO2. The highest BCUT2D eigenvalue weighted by atomic mass is 16.7. The molecule has 1 aliphatic heterocycles. The van der Waals surface area contributed by atoms with Crippen LogP contribution < -0.4 is 9.47 Å². The Balaban J connectivity index is 2.30.